The van der Waals surface area contributed by atoms with Crippen LogP contribution in [-0.4, -0.2) is 35.2 Å². The van der Waals surface area contributed by atoms with Gasteiger partial charge in [0.15, 0.2) is 9.84 Å². The Morgan fingerprint density at radius 3 is 2.75 bits per heavy atom. The summed E-state index contributed by atoms with van der Waals surface area (Å²) in [5, 5.41) is 8.66. The van der Waals surface area contributed by atoms with Crippen LogP contribution in [0.25, 0.3) is 0 Å². The van der Waals surface area contributed by atoms with Crippen molar-refractivity contribution in [2.75, 3.05) is 5.75 Å². The number of rotatable bonds is 1. The predicted molar refractivity (Wildman–Crippen MR) is 53.0 cm³/mol. The van der Waals surface area contributed by atoms with Gasteiger partial charge in [-0.15, -0.1) is 0 Å². The first kappa shape index (κ1) is 10.8. The molecule has 0 atom stereocenters. The van der Waals surface area contributed by atoms with E-state index in [4.69, 9.17) is 5.11 Å². The Hall–Kier alpha value is -1.70. The van der Waals surface area contributed by atoms with E-state index in [2.05, 4.69) is 4.98 Å². The highest BCUT2D eigenvalue weighted by Gasteiger charge is 2.26. The monoisotopic (exact) mass is 244 g/mol. The molecule has 0 saturated heterocycles. The number of H-pyrrole nitrogens is 1. The molecule has 7 nitrogen and oxygen atoms in total. The maximum atomic E-state index is 11.5. The number of nitrogens with one attached hydrogen (secondary N) is 1. The lowest BCUT2D eigenvalue weighted by Gasteiger charge is -2.14. The largest absolute Gasteiger partial charge is 0.475 e. The number of aryl methyl sites for hydroxylation is 1. The van der Waals surface area contributed by atoms with Gasteiger partial charge >= 0.3 is 5.97 Å². The van der Waals surface area contributed by atoms with E-state index in [1.54, 1.807) is 0 Å². The maximum absolute atomic E-state index is 11.5. The zero-order valence-corrected chi connectivity index (χ0v) is 8.87. The quantitative estimate of drug-likeness (QED) is 0.650. The zero-order chi connectivity index (χ0) is 11.9. The second kappa shape index (κ2) is 3.41. The first-order valence-corrected chi connectivity index (χ1v) is 6.27. The Bertz CT molecular complexity index is 616. The molecule has 1 aliphatic heterocycles. The van der Waals surface area contributed by atoms with Gasteiger partial charge in [0.2, 0.25) is 5.82 Å². The summed E-state index contributed by atoms with van der Waals surface area (Å²) in [6.07, 6.45) is 0.0852. The summed E-state index contributed by atoms with van der Waals surface area (Å²) in [6.45, 7) is 0. The minimum Gasteiger partial charge on any atom is -0.475 e. The Balaban J connectivity index is 2.61. The fourth-order valence-electron chi connectivity index (χ4n) is 1.55. The molecule has 2 N–H and O–H groups in total. The number of fused-ring (bicyclic) bond motifs is 1. The highest BCUT2D eigenvalue weighted by molar-refractivity contribution is 7.90. The summed E-state index contributed by atoms with van der Waals surface area (Å²) in [4.78, 5) is 27.8. The third-order valence-electron chi connectivity index (χ3n) is 2.32. The van der Waals surface area contributed by atoms with Crippen molar-refractivity contribution in [3.8, 4) is 0 Å². The van der Waals surface area contributed by atoms with Crippen molar-refractivity contribution in [2.45, 2.75) is 12.2 Å². The van der Waals surface area contributed by atoms with Crippen molar-refractivity contribution in [2.24, 2.45) is 0 Å². The van der Waals surface area contributed by atoms with Gasteiger partial charge in [0, 0.05) is 6.42 Å². The fourth-order valence-corrected chi connectivity index (χ4v) is 2.93. The number of hydrogen-bond acceptors (Lipinski definition) is 5. The van der Waals surface area contributed by atoms with Gasteiger partial charge in [-0.3, -0.25) is 4.79 Å². The molecule has 1 aromatic heterocycles. The van der Waals surface area contributed by atoms with Crippen LogP contribution in [0.3, 0.4) is 0 Å². The number of nitrogens with zero attached hydrogens (tertiary/aromatic N) is 1. The van der Waals surface area contributed by atoms with Crippen molar-refractivity contribution in [1.29, 1.82) is 0 Å². The number of aromatic amines is 1. The molecule has 0 bridgehead atoms. The summed E-state index contributed by atoms with van der Waals surface area (Å²) in [6, 6.07) is 0. The molecule has 0 aromatic carbocycles. The van der Waals surface area contributed by atoms with Crippen LogP contribution in [0.15, 0.2) is 4.79 Å². The summed E-state index contributed by atoms with van der Waals surface area (Å²) in [5.74, 6) is -2.27. The van der Waals surface area contributed by atoms with Gasteiger partial charge in [-0.2, -0.15) is 0 Å². The number of carboxylic acids is 1. The second-order valence-electron chi connectivity index (χ2n) is 3.49. The lowest BCUT2D eigenvalue weighted by atomic mass is 10.2. The summed E-state index contributed by atoms with van der Waals surface area (Å²) >= 11 is 0. The minimum absolute atomic E-state index is 0.0521. The molecule has 1 aliphatic rings. The van der Waals surface area contributed by atoms with Gasteiger partial charge in [0.05, 0.1) is 22.8 Å². The van der Waals surface area contributed by atoms with Crippen LogP contribution < -0.4 is 5.56 Å². The number of carboxylic acid groups (broad SMARTS) is 1. The third kappa shape index (κ3) is 1.83. The highest BCUT2D eigenvalue weighted by atomic mass is 32.2. The number of aromatic carboxylic acids is 1. The van der Waals surface area contributed by atoms with Crippen LogP contribution in [0.2, 0.25) is 0 Å². The molecular formula is C8H8N2O5S. The summed E-state index contributed by atoms with van der Waals surface area (Å²) < 4.78 is 22.6. The van der Waals surface area contributed by atoms with Gasteiger partial charge in [0.25, 0.3) is 5.56 Å². The molecule has 0 spiro atoms. The van der Waals surface area contributed by atoms with E-state index >= 15 is 0 Å². The van der Waals surface area contributed by atoms with E-state index in [1.807, 2.05) is 4.98 Å². The number of aromatic nitrogens is 2. The number of carbonyl (C=O) groups is 1. The minimum atomic E-state index is -3.26. The van der Waals surface area contributed by atoms with Gasteiger partial charge in [-0.25, -0.2) is 18.2 Å². The molecule has 2 heterocycles. The van der Waals surface area contributed by atoms with Gasteiger partial charge in [-0.1, -0.05) is 0 Å². The van der Waals surface area contributed by atoms with E-state index in [0.717, 1.165) is 0 Å². The van der Waals surface area contributed by atoms with Crippen LogP contribution in [0.1, 0.15) is 21.9 Å². The van der Waals surface area contributed by atoms with Crippen molar-refractivity contribution in [1.82, 2.24) is 9.97 Å². The average molecular weight is 244 g/mol. The molecule has 2 rings (SSSR count). The molecule has 0 unspecified atom stereocenters. The van der Waals surface area contributed by atoms with E-state index < -0.39 is 27.2 Å². The van der Waals surface area contributed by atoms with Crippen molar-refractivity contribution in [3.05, 3.63) is 27.4 Å². The molecule has 0 fully saturated rings. The molecule has 0 saturated carbocycles. The molecule has 16 heavy (non-hydrogen) atoms. The maximum Gasteiger partial charge on any atom is 0.372 e. The fraction of sp³-hybridized carbons (Fsp3) is 0.375. The smallest absolute Gasteiger partial charge is 0.372 e. The molecule has 0 amide bonds. The first-order valence-electron chi connectivity index (χ1n) is 4.45. The van der Waals surface area contributed by atoms with E-state index in [9.17, 15) is 18.0 Å². The van der Waals surface area contributed by atoms with Gasteiger partial charge in [-0.05, 0) is 0 Å². The zero-order valence-electron chi connectivity index (χ0n) is 8.06. The number of sulfone groups is 1. The summed E-state index contributed by atoms with van der Waals surface area (Å²) in [5.41, 5.74) is -0.377. The first-order chi connectivity index (χ1) is 7.39. The Labute approximate surface area is 90.1 Å². The lowest BCUT2D eigenvalue weighted by Crippen LogP contribution is -2.30. The average Bonchev–Trinajstić information content (AvgIpc) is 2.18. The Morgan fingerprint density at radius 2 is 2.12 bits per heavy atom. The Morgan fingerprint density at radius 1 is 1.44 bits per heavy atom. The number of hydrogen-bond donors (Lipinski definition) is 2. The molecule has 0 radical (unpaired) electrons. The highest BCUT2D eigenvalue weighted by Crippen LogP contribution is 2.15. The lowest BCUT2D eigenvalue weighted by molar-refractivity contribution is 0.0682. The third-order valence-corrected chi connectivity index (χ3v) is 3.87. The van der Waals surface area contributed by atoms with Crippen LogP contribution in [0, 0.1) is 0 Å². The van der Waals surface area contributed by atoms with E-state index in [0.29, 0.717) is 0 Å². The standard InChI is InChI=1S/C8H8N2O5S/c11-7-4-3-16(14,15)2-1-5(4)9-6(10-7)8(12)13/h1-3H2,(H,12,13)(H,9,10,11). The topological polar surface area (TPSA) is 117 Å². The van der Waals surface area contributed by atoms with Crippen LogP contribution in [-0.2, 0) is 22.0 Å². The van der Waals surface area contributed by atoms with Crippen molar-refractivity contribution >= 4 is 15.8 Å². The SMILES string of the molecule is O=C(O)c1nc2c(c(=O)[nH]1)CS(=O)(=O)CC2. The normalized spacial score (nSPS) is 17.8. The van der Waals surface area contributed by atoms with Crippen molar-refractivity contribution in [3.63, 3.8) is 0 Å². The van der Waals surface area contributed by atoms with Gasteiger partial charge < -0.3 is 10.1 Å². The van der Waals surface area contributed by atoms with Gasteiger partial charge in [0.1, 0.15) is 0 Å². The Kier molecular flexibility index (Phi) is 2.30. The molecule has 1 aromatic rings. The molecule has 0 aliphatic carbocycles. The van der Waals surface area contributed by atoms with Crippen LogP contribution >= 0.6 is 0 Å². The predicted octanol–water partition coefficient (Wildman–Crippen LogP) is -1.06. The molecule has 8 heteroatoms. The van der Waals surface area contributed by atoms with Crippen LogP contribution in [0.5, 0.6) is 0 Å². The van der Waals surface area contributed by atoms with E-state index in [-0.39, 0.29) is 29.2 Å². The van der Waals surface area contributed by atoms with E-state index in [1.165, 1.54) is 0 Å². The van der Waals surface area contributed by atoms with Crippen molar-refractivity contribution < 1.29 is 18.3 Å². The second-order valence-corrected chi connectivity index (χ2v) is 5.67. The summed E-state index contributed by atoms with van der Waals surface area (Å²) in [7, 11) is -3.26. The molecular weight excluding hydrogens is 236 g/mol. The van der Waals surface area contributed by atoms with Crippen LogP contribution in [0.4, 0.5) is 0 Å². The molecule has 86 valence electrons.